The summed E-state index contributed by atoms with van der Waals surface area (Å²) >= 11 is 6.14. The average molecular weight is 244 g/mol. The average Bonchev–Trinajstić information content (AvgIpc) is 2.20. The van der Waals surface area contributed by atoms with E-state index in [0.29, 0.717) is 5.92 Å². The third-order valence-corrected chi connectivity index (χ3v) is 2.67. The maximum atomic E-state index is 12.6. The summed E-state index contributed by atoms with van der Waals surface area (Å²) in [6.07, 6.45) is 1.01. The molecule has 0 saturated carbocycles. The fourth-order valence-corrected chi connectivity index (χ4v) is 2.04. The molecule has 90 valence electrons. The SMILES string of the molecule is CC(C)CC(Cl)CNCc1ccc(F)cc1. The van der Waals surface area contributed by atoms with Gasteiger partial charge >= 0.3 is 0 Å². The molecule has 1 atom stereocenters. The first-order valence-electron chi connectivity index (χ1n) is 5.67. The first-order chi connectivity index (χ1) is 7.58. The quantitative estimate of drug-likeness (QED) is 0.754. The second-order valence-electron chi connectivity index (χ2n) is 4.48. The Balaban J connectivity index is 2.22. The van der Waals surface area contributed by atoms with E-state index in [4.69, 9.17) is 11.6 Å². The van der Waals surface area contributed by atoms with Crippen LogP contribution in [0.5, 0.6) is 0 Å². The van der Waals surface area contributed by atoms with E-state index in [0.717, 1.165) is 25.1 Å². The fraction of sp³-hybridized carbons (Fsp3) is 0.538. The maximum absolute atomic E-state index is 12.6. The molecule has 0 spiro atoms. The summed E-state index contributed by atoms with van der Waals surface area (Å²) in [5.74, 6) is 0.425. The van der Waals surface area contributed by atoms with E-state index in [1.54, 1.807) is 12.1 Å². The van der Waals surface area contributed by atoms with Crippen LogP contribution in [0, 0.1) is 11.7 Å². The lowest BCUT2D eigenvalue weighted by atomic mass is 10.1. The largest absolute Gasteiger partial charge is 0.311 e. The van der Waals surface area contributed by atoms with Crippen molar-refractivity contribution in [3.63, 3.8) is 0 Å². The molecule has 16 heavy (non-hydrogen) atoms. The van der Waals surface area contributed by atoms with Gasteiger partial charge in [0, 0.05) is 18.5 Å². The highest BCUT2D eigenvalue weighted by molar-refractivity contribution is 6.20. The van der Waals surface area contributed by atoms with Crippen molar-refractivity contribution in [2.24, 2.45) is 5.92 Å². The van der Waals surface area contributed by atoms with Gasteiger partial charge < -0.3 is 5.32 Å². The number of hydrogen-bond donors (Lipinski definition) is 1. The minimum absolute atomic E-state index is 0.167. The predicted octanol–water partition coefficient (Wildman–Crippen LogP) is 3.57. The van der Waals surface area contributed by atoms with Crippen LogP contribution in [-0.2, 0) is 6.54 Å². The van der Waals surface area contributed by atoms with Crippen LogP contribution in [0.25, 0.3) is 0 Å². The van der Waals surface area contributed by atoms with Gasteiger partial charge in [0.15, 0.2) is 0 Å². The van der Waals surface area contributed by atoms with Crippen molar-refractivity contribution in [1.29, 1.82) is 0 Å². The fourth-order valence-electron chi connectivity index (χ4n) is 1.57. The Bertz CT molecular complexity index is 297. The highest BCUT2D eigenvalue weighted by Crippen LogP contribution is 2.10. The second-order valence-corrected chi connectivity index (χ2v) is 5.10. The molecule has 0 saturated heterocycles. The third kappa shape index (κ3) is 5.47. The van der Waals surface area contributed by atoms with E-state index in [1.807, 2.05) is 0 Å². The van der Waals surface area contributed by atoms with Gasteiger partial charge in [-0.25, -0.2) is 4.39 Å². The molecule has 1 aromatic rings. The van der Waals surface area contributed by atoms with E-state index >= 15 is 0 Å². The number of rotatable bonds is 6. The molecule has 0 aromatic heterocycles. The van der Waals surface area contributed by atoms with E-state index in [1.165, 1.54) is 12.1 Å². The third-order valence-electron chi connectivity index (χ3n) is 2.34. The molecular formula is C13H19ClFN. The van der Waals surface area contributed by atoms with Crippen LogP contribution in [0.2, 0.25) is 0 Å². The normalized spacial score (nSPS) is 13.1. The predicted molar refractivity (Wildman–Crippen MR) is 67.2 cm³/mol. The molecule has 0 bridgehead atoms. The number of nitrogens with one attached hydrogen (secondary N) is 1. The van der Waals surface area contributed by atoms with Crippen LogP contribution in [-0.4, -0.2) is 11.9 Å². The molecule has 0 aliphatic rings. The van der Waals surface area contributed by atoms with Crippen LogP contribution >= 0.6 is 11.6 Å². The Labute approximate surface area is 102 Å². The summed E-state index contributed by atoms with van der Waals surface area (Å²) in [4.78, 5) is 0. The van der Waals surface area contributed by atoms with Crippen molar-refractivity contribution in [3.8, 4) is 0 Å². The van der Waals surface area contributed by atoms with Crippen LogP contribution in [0.4, 0.5) is 4.39 Å². The summed E-state index contributed by atoms with van der Waals surface area (Å²) in [7, 11) is 0. The van der Waals surface area contributed by atoms with E-state index in [-0.39, 0.29) is 11.2 Å². The highest BCUT2D eigenvalue weighted by atomic mass is 35.5. The van der Waals surface area contributed by atoms with Gasteiger partial charge in [-0.05, 0) is 30.0 Å². The minimum atomic E-state index is -0.196. The minimum Gasteiger partial charge on any atom is -0.311 e. The summed E-state index contributed by atoms with van der Waals surface area (Å²) in [6.45, 7) is 5.85. The molecule has 1 rings (SSSR count). The van der Waals surface area contributed by atoms with Gasteiger partial charge in [0.25, 0.3) is 0 Å². The second kappa shape index (κ2) is 6.87. The molecule has 0 fully saturated rings. The summed E-state index contributed by atoms with van der Waals surface area (Å²) in [5.41, 5.74) is 1.08. The van der Waals surface area contributed by atoms with Crippen LogP contribution in [0.1, 0.15) is 25.8 Å². The molecular weight excluding hydrogens is 225 g/mol. The molecule has 1 aromatic carbocycles. The van der Waals surface area contributed by atoms with Gasteiger partial charge in [-0.15, -0.1) is 11.6 Å². The van der Waals surface area contributed by atoms with Crippen LogP contribution in [0.3, 0.4) is 0 Å². The molecule has 1 nitrogen and oxygen atoms in total. The number of benzene rings is 1. The van der Waals surface area contributed by atoms with Gasteiger partial charge in [0.05, 0.1) is 0 Å². The first-order valence-corrected chi connectivity index (χ1v) is 6.11. The van der Waals surface area contributed by atoms with Crippen LogP contribution < -0.4 is 5.32 Å². The molecule has 0 heterocycles. The zero-order valence-corrected chi connectivity index (χ0v) is 10.6. The van der Waals surface area contributed by atoms with Gasteiger partial charge in [0.2, 0.25) is 0 Å². The Morgan fingerprint density at radius 2 is 1.88 bits per heavy atom. The Hall–Kier alpha value is -0.600. The van der Waals surface area contributed by atoms with Crippen molar-refractivity contribution in [3.05, 3.63) is 35.6 Å². The Kier molecular flexibility index (Phi) is 5.78. The summed E-state index contributed by atoms with van der Waals surface area (Å²) in [5, 5.41) is 3.44. The monoisotopic (exact) mass is 243 g/mol. The van der Waals surface area contributed by atoms with Crippen molar-refractivity contribution in [2.75, 3.05) is 6.54 Å². The van der Waals surface area contributed by atoms with E-state index < -0.39 is 0 Å². The molecule has 0 aliphatic carbocycles. The van der Waals surface area contributed by atoms with Crippen molar-refractivity contribution >= 4 is 11.6 Å². The standard InChI is InChI=1S/C13H19ClFN/c1-10(2)7-12(14)9-16-8-11-3-5-13(15)6-4-11/h3-6,10,12,16H,7-9H2,1-2H3. The molecule has 0 aliphatic heterocycles. The number of halogens is 2. The number of hydrogen-bond acceptors (Lipinski definition) is 1. The van der Waals surface area contributed by atoms with Crippen molar-refractivity contribution in [2.45, 2.75) is 32.2 Å². The lowest BCUT2D eigenvalue weighted by Crippen LogP contribution is -2.23. The first kappa shape index (κ1) is 13.5. The summed E-state index contributed by atoms with van der Waals surface area (Å²) < 4.78 is 12.6. The van der Waals surface area contributed by atoms with E-state index in [2.05, 4.69) is 19.2 Å². The lowest BCUT2D eigenvalue weighted by molar-refractivity contribution is 0.533. The topological polar surface area (TPSA) is 12.0 Å². The zero-order valence-electron chi connectivity index (χ0n) is 9.84. The Morgan fingerprint density at radius 1 is 1.25 bits per heavy atom. The van der Waals surface area contributed by atoms with Crippen molar-refractivity contribution < 1.29 is 4.39 Å². The van der Waals surface area contributed by atoms with Gasteiger partial charge in [-0.3, -0.25) is 0 Å². The van der Waals surface area contributed by atoms with Crippen molar-refractivity contribution in [1.82, 2.24) is 5.32 Å². The Morgan fingerprint density at radius 3 is 2.44 bits per heavy atom. The highest BCUT2D eigenvalue weighted by Gasteiger charge is 2.06. The molecule has 0 amide bonds. The molecule has 0 radical (unpaired) electrons. The molecule has 1 N–H and O–H groups in total. The summed E-state index contributed by atoms with van der Waals surface area (Å²) in [6, 6.07) is 6.52. The van der Waals surface area contributed by atoms with Gasteiger partial charge in [-0.1, -0.05) is 26.0 Å². The number of alkyl halides is 1. The zero-order chi connectivity index (χ0) is 12.0. The van der Waals surface area contributed by atoms with Gasteiger partial charge in [0.1, 0.15) is 5.82 Å². The lowest BCUT2D eigenvalue weighted by Gasteiger charge is -2.12. The van der Waals surface area contributed by atoms with Crippen LogP contribution in [0.15, 0.2) is 24.3 Å². The maximum Gasteiger partial charge on any atom is 0.123 e. The van der Waals surface area contributed by atoms with E-state index in [9.17, 15) is 4.39 Å². The smallest absolute Gasteiger partial charge is 0.123 e. The molecule has 1 unspecified atom stereocenters. The molecule has 3 heteroatoms. The van der Waals surface area contributed by atoms with Gasteiger partial charge in [-0.2, -0.15) is 0 Å².